The topological polar surface area (TPSA) is 82.0 Å². The van der Waals surface area contributed by atoms with Gasteiger partial charge in [-0.3, -0.25) is 9.59 Å². The van der Waals surface area contributed by atoms with E-state index in [1.165, 1.54) is 0 Å². The molecule has 2 aromatic carbocycles. The molecule has 158 valence electrons. The molecule has 0 spiro atoms. The van der Waals surface area contributed by atoms with Crippen LogP contribution in [0.1, 0.15) is 64.0 Å². The van der Waals surface area contributed by atoms with E-state index in [1.807, 2.05) is 63.2 Å². The number of benzene rings is 2. The van der Waals surface area contributed by atoms with Gasteiger partial charge in [0, 0.05) is 13.0 Å². The van der Waals surface area contributed by atoms with Gasteiger partial charge in [-0.25, -0.2) is 0 Å². The molecule has 5 nitrogen and oxygen atoms in total. The largest absolute Gasteiger partial charge is 0.350 e. The van der Waals surface area contributed by atoms with E-state index >= 15 is 0 Å². The second-order valence-corrected chi connectivity index (χ2v) is 7.48. The lowest BCUT2D eigenvalue weighted by Crippen LogP contribution is -2.58. The lowest BCUT2D eigenvalue weighted by molar-refractivity contribution is -0.134. The van der Waals surface area contributed by atoms with Gasteiger partial charge in [0.15, 0.2) is 0 Å². The molecule has 0 bridgehead atoms. The van der Waals surface area contributed by atoms with Gasteiger partial charge in [0.05, 0.1) is 11.6 Å². The summed E-state index contributed by atoms with van der Waals surface area (Å²) in [6.07, 6.45) is 3.28. The molecule has 2 aromatic rings. The maximum absolute atomic E-state index is 12.9. The van der Waals surface area contributed by atoms with Crippen molar-refractivity contribution in [3.63, 3.8) is 0 Å². The van der Waals surface area contributed by atoms with Crippen molar-refractivity contribution in [2.75, 3.05) is 0 Å². The number of hydrogen-bond donors (Lipinski definition) is 2. The number of nitrogens with one attached hydrogen (secondary N) is 2. The number of rotatable bonds is 10. The van der Waals surface area contributed by atoms with E-state index in [4.69, 9.17) is 0 Å². The number of unbranched alkanes of at least 4 members (excludes halogenated alkanes) is 1. The van der Waals surface area contributed by atoms with Crippen molar-refractivity contribution < 1.29 is 9.59 Å². The van der Waals surface area contributed by atoms with E-state index in [-0.39, 0.29) is 11.8 Å². The average molecular weight is 406 g/mol. The lowest BCUT2D eigenvalue weighted by Gasteiger charge is -2.31. The van der Waals surface area contributed by atoms with Crippen LogP contribution < -0.4 is 10.6 Å². The first-order valence-electron chi connectivity index (χ1n) is 10.7. The van der Waals surface area contributed by atoms with Crippen molar-refractivity contribution in [3.05, 3.63) is 59.7 Å². The van der Waals surface area contributed by atoms with Crippen molar-refractivity contribution in [2.24, 2.45) is 0 Å². The van der Waals surface area contributed by atoms with Crippen LogP contribution in [0, 0.1) is 11.3 Å². The molecular formula is C25H31N3O2. The Labute approximate surface area is 179 Å². The predicted octanol–water partition coefficient (Wildman–Crippen LogP) is 4.71. The molecule has 2 rings (SSSR count). The molecule has 2 N–H and O–H groups in total. The number of carbonyl (C=O) groups is 2. The van der Waals surface area contributed by atoms with Gasteiger partial charge in [0.1, 0.15) is 5.54 Å². The lowest BCUT2D eigenvalue weighted by atomic mass is 9.91. The highest BCUT2D eigenvalue weighted by atomic mass is 16.2. The van der Waals surface area contributed by atoms with Gasteiger partial charge in [-0.2, -0.15) is 5.26 Å². The molecule has 5 heteroatoms. The summed E-state index contributed by atoms with van der Waals surface area (Å²) in [6, 6.07) is 17.5. The number of amides is 2. The van der Waals surface area contributed by atoms with Gasteiger partial charge in [-0.15, -0.1) is 0 Å². The zero-order valence-corrected chi connectivity index (χ0v) is 18.1. The molecule has 0 fully saturated rings. The highest BCUT2D eigenvalue weighted by molar-refractivity contribution is 5.91. The molecule has 30 heavy (non-hydrogen) atoms. The average Bonchev–Trinajstić information content (AvgIpc) is 2.80. The standard InChI is InChI=1S/C25H31N3O2/c1-4-7-12-23(29)28-25(5-2,6-3)24(30)27-18-19-13-15-20(16-14-19)22-11-9-8-10-21(22)17-26/h8-11,13-16H,4-7,12,18H2,1-3H3,(H,27,30)(H,28,29). The smallest absolute Gasteiger partial charge is 0.246 e. The second-order valence-electron chi connectivity index (χ2n) is 7.48. The molecular weight excluding hydrogens is 374 g/mol. The third kappa shape index (κ3) is 5.70. The molecule has 0 saturated carbocycles. The maximum atomic E-state index is 12.9. The summed E-state index contributed by atoms with van der Waals surface area (Å²) in [7, 11) is 0. The molecule has 0 radical (unpaired) electrons. The van der Waals surface area contributed by atoms with Crippen molar-refractivity contribution in [2.45, 2.75) is 65.0 Å². The quantitative estimate of drug-likeness (QED) is 0.601. The summed E-state index contributed by atoms with van der Waals surface area (Å²) < 4.78 is 0. The summed E-state index contributed by atoms with van der Waals surface area (Å²) in [5.41, 5.74) is 2.56. The minimum Gasteiger partial charge on any atom is -0.350 e. The van der Waals surface area contributed by atoms with Gasteiger partial charge in [0.25, 0.3) is 0 Å². The third-order valence-corrected chi connectivity index (χ3v) is 5.54. The Kier molecular flexibility index (Phi) is 8.61. The second kappa shape index (κ2) is 11.2. The molecule has 0 saturated heterocycles. The summed E-state index contributed by atoms with van der Waals surface area (Å²) in [4.78, 5) is 25.1. The van der Waals surface area contributed by atoms with E-state index in [0.29, 0.717) is 31.4 Å². The van der Waals surface area contributed by atoms with Crippen LogP contribution in [-0.4, -0.2) is 17.4 Å². The molecule has 0 aromatic heterocycles. The van der Waals surface area contributed by atoms with E-state index in [9.17, 15) is 14.9 Å². The van der Waals surface area contributed by atoms with Crippen LogP contribution in [0.5, 0.6) is 0 Å². The first-order valence-corrected chi connectivity index (χ1v) is 10.7. The van der Waals surface area contributed by atoms with Crippen LogP contribution >= 0.6 is 0 Å². The first-order chi connectivity index (χ1) is 14.5. The highest BCUT2D eigenvalue weighted by Gasteiger charge is 2.35. The van der Waals surface area contributed by atoms with E-state index in [0.717, 1.165) is 29.5 Å². The van der Waals surface area contributed by atoms with E-state index in [1.54, 1.807) is 6.07 Å². The highest BCUT2D eigenvalue weighted by Crippen LogP contribution is 2.23. The van der Waals surface area contributed by atoms with Gasteiger partial charge in [-0.05, 0) is 42.0 Å². The SMILES string of the molecule is CCCCC(=O)NC(CC)(CC)C(=O)NCc1ccc(-c2ccccc2C#N)cc1. The monoisotopic (exact) mass is 405 g/mol. The van der Waals surface area contributed by atoms with Crippen LogP contribution in [0.15, 0.2) is 48.5 Å². The Morgan fingerprint density at radius 3 is 2.27 bits per heavy atom. The maximum Gasteiger partial charge on any atom is 0.246 e. The summed E-state index contributed by atoms with van der Waals surface area (Å²) in [6.45, 7) is 6.26. The van der Waals surface area contributed by atoms with Gasteiger partial charge in [0.2, 0.25) is 11.8 Å². The van der Waals surface area contributed by atoms with Crippen LogP contribution in [-0.2, 0) is 16.1 Å². The number of nitrogens with zero attached hydrogens (tertiary/aromatic N) is 1. The summed E-state index contributed by atoms with van der Waals surface area (Å²) in [5, 5.41) is 15.2. The Bertz CT molecular complexity index is 893. The molecule has 0 unspecified atom stereocenters. The number of nitriles is 1. The van der Waals surface area contributed by atoms with E-state index in [2.05, 4.69) is 16.7 Å². The number of carbonyl (C=O) groups excluding carboxylic acids is 2. The molecule has 0 aliphatic carbocycles. The molecule has 0 aliphatic heterocycles. The van der Waals surface area contributed by atoms with Crippen LogP contribution in [0.4, 0.5) is 0 Å². The van der Waals surface area contributed by atoms with E-state index < -0.39 is 5.54 Å². The molecule has 0 aliphatic rings. The Morgan fingerprint density at radius 1 is 1.00 bits per heavy atom. The predicted molar refractivity (Wildman–Crippen MR) is 119 cm³/mol. The van der Waals surface area contributed by atoms with Crippen molar-refractivity contribution in [1.29, 1.82) is 5.26 Å². The zero-order chi connectivity index (χ0) is 22.0. The first kappa shape index (κ1) is 23.2. The van der Waals surface area contributed by atoms with Crippen molar-refractivity contribution in [3.8, 4) is 17.2 Å². The van der Waals surface area contributed by atoms with Gasteiger partial charge < -0.3 is 10.6 Å². The minimum atomic E-state index is -0.878. The fourth-order valence-electron chi connectivity index (χ4n) is 3.46. The van der Waals surface area contributed by atoms with Crippen molar-refractivity contribution in [1.82, 2.24) is 10.6 Å². The van der Waals surface area contributed by atoms with Crippen molar-refractivity contribution >= 4 is 11.8 Å². The molecule has 0 atom stereocenters. The van der Waals surface area contributed by atoms with Crippen LogP contribution in [0.3, 0.4) is 0 Å². The Hall–Kier alpha value is -3.13. The fraction of sp³-hybridized carbons (Fsp3) is 0.400. The van der Waals surface area contributed by atoms with Gasteiger partial charge >= 0.3 is 0 Å². The third-order valence-electron chi connectivity index (χ3n) is 5.54. The Morgan fingerprint density at radius 2 is 1.67 bits per heavy atom. The van der Waals surface area contributed by atoms with Gasteiger partial charge in [-0.1, -0.05) is 69.7 Å². The molecule has 0 heterocycles. The summed E-state index contributed by atoms with van der Waals surface area (Å²) >= 11 is 0. The number of hydrogen-bond acceptors (Lipinski definition) is 3. The normalized spacial score (nSPS) is 10.9. The summed E-state index contributed by atoms with van der Waals surface area (Å²) in [5.74, 6) is -0.229. The van der Waals surface area contributed by atoms with Crippen LogP contribution in [0.25, 0.3) is 11.1 Å². The molecule has 2 amide bonds. The Balaban J connectivity index is 2.05. The zero-order valence-electron chi connectivity index (χ0n) is 18.1. The van der Waals surface area contributed by atoms with Crippen LogP contribution in [0.2, 0.25) is 0 Å². The minimum absolute atomic E-state index is 0.0730. The fourth-order valence-corrected chi connectivity index (χ4v) is 3.46.